The molecule has 0 aliphatic rings. The highest BCUT2D eigenvalue weighted by molar-refractivity contribution is 9.10. The number of nitrogens with one attached hydrogen (secondary N) is 1. The number of hydrogen-bond donors (Lipinski definition) is 1. The first-order valence-electron chi connectivity index (χ1n) is 5.92. The molecule has 1 N–H and O–H groups in total. The van der Waals surface area contributed by atoms with Crippen LogP contribution in [0.1, 0.15) is 31.9 Å². The van der Waals surface area contributed by atoms with Gasteiger partial charge in [0.25, 0.3) is 12.2 Å². The molecule has 2 nitrogen and oxygen atoms in total. The van der Waals surface area contributed by atoms with Crippen LogP contribution in [0.5, 0.6) is 0 Å². The predicted octanol–water partition coefficient (Wildman–Crippen LogP) is 4.20. The summed E-state index contributed by atoms with van der Waals surface area (Å²) >= 11 is 1.23. The minimum absolute atomic E-state index is 0.215. The van der Waals surface area contributed by atoms with Gasteiger partial charge in [0.1, 0.15) is 4.75 Å². The molecule has 0 saturated heterocycles. The minimum atomic E-state index is -3.34. The van der Waals surface area contributed by atoms with Crippen LogP contribution >= 0.6 is 15.9 Å². The second kappa shape index (κ2) is 6.25. The summed E-state index contributed by atoms with van der Waals surface area (Å²) in [6, 6.07) is 4.27. The Bertz CT molecular complexity index is 481. The largest absolute Gasteiger partial charge is 0.598 e. The van der Waals surface area contributed by atoms with Gasteiger partial charge in [0, 0.05) is 21.4 Å². The normalized spacial score (nSPS) is 17.1. The third kappa shape index (κ3) is 3.90. The first-order chi connectivity index (χ1) is 8.98. The molecule has 114 valence electrons. The number of hydrogen-bond acceptors (Lipinski definition) is 2. The highest BCUT2D eigenvalue weighted by Gasteiger charge is 2.49. The van der Waals surface area contributed by atoms with Crippen LogP contribution in [-0.2, 0) is 17.2 Å². The average Bonchev–Trinajstić information content (AvgIpc) is 2.26. The zero-order chi connectivity index (χ0) is 15.7. The summed E-state index contributed by atoms with van der Waals surface area (Å²) in [5, 5.41) is 0. The average molecular weight is 372 g/mol. The minimum Gasteiger partial charge on any atom is -0.598 e. The Balaban J connectivity index is 3.22. The zero-order valence-corrected chi connectivity index (χ0v) is 14.0. The lowest BCUT2D eigenvalue weighted by Crippen LogP contribution is -2.53. The molecule has 0 bridgehead atoms. The van der Waals surface area contributed by atoms with Gasteiger partial charge in [-0.05, 0) is 45.4 Å². The van der Waals surface area contributed by atoms with Crippen LogP contribution in [-0.4, -0.2) is 15.7 Å². The molecule has 0 fully saturated rings. The number of alkyl halides is 3. The van der Waals surface area contributed by atoms with Crippen LogP contribution in [0.3, 0.4) is 0 Å². The lowest BCUT2D eigenvalue weighted by molar-refractivity contribution is -0.0481. The van der Waals surface area contributed by atoms with Gasteiger partial charge in [-0.3, -0.25) is 0 Å². The summed E-state index contributed by atoms with van der Waals surface area (Å²) in [5.74, 6) is -3.15. The smallest absolute Gasteiger partial charge is 0.293 e. The molecule has 0 saturated carbocycles. The van der Waals surface area contributed by atoms with Crippen molar-refractivity contribution in [3.8, 4) is 0 Å². The molecule has 0 radical (unpaired) electrons. The van der Waals surface area contributed by atoms with E-state index in [1.807, 2.05) is 4.72 Å². The predicted molar refractivity (Wildman–Crippen MR) is 78.7 cm³/mol. The molecular formula is C13H17BrF3NOS. The first-order valence-corrected chi connectivity index (χ1v) is 7.86. The second-order valence-corrected chi connectivity index (χ2v) is 8.34. The zero-order valence-electron chi connectivity index (χ0n) is 11.6. The van der Waals surface area contributed by atoms with Gasteiger partial charge in [-0.1, -0.05) is 26.7 Å². The van der Waals surface area contributed by atoms with E-state index in [4.69, 9.17) is 0 Å². The summed E-state index contributed by atoms with van der Waals surface area (Å²) < 4.78 is 54.9. The van der Waals surface area contributed by atoms with Crippen LogP contribution in [0, 0.1) is 6.92 Å². The van der Waals surface area contributed by atoms with Crippen LogP contribution in [0.15, 0.2) is 22.7 Å². The Morgan fingerprint density at radius 3 is 2.25 bits per heavy atom. The molecule has 0 spiro atoms. The van der Waals surface area contributed by atoms with Crippen molar-refractivity contribution < 1.29 is 17.7 Å². The third-order valence-electron chi connectivity index (χ3n) is 2.68. The molecule has 1 unspecified atom stereocenters. The molecular weight excluding hydrogens is 355 g/mol. The Morgan fingerprint density at radius 1 is 1.30 bits per heavy atom. The highest BCUT2D eigenvalue weighted by Crippen LogP contribution is 2.35. The van der Waals surface area contributed by atoms with Crippen molar-refractivity contribution in [1.82, 2.24) is 4.72 Å². The monoisotopic (exact) mass is 371 g/mol. The maximum Gasteiger partial charge on any atom is 0.293 e. The summed E-state index contributed by atoms with van der Waals surface area (Å²) in [4.78, 5) is 0. The van der Waals surface area contributed by atoms with Gasteiger partial charge in [0.15, 0.2) is 0 Å². The van der Waals surface area contributed by atoms with Gasteiger partial charge >= 0.3 is 0 Å². The van der Waals surface area contributed by atoms with E-state index in [-0.39, 0.29) is 5.56 Å². The third-order valence-corrected chi connectivity index (χ3v) is 4.77. The SMILES string of the molecule is Cc1cc(Br)ccc1C(F)(N[S@+]([O-])C(C)(C)C)C(F)F. The molecule has 0 aliphatic carbocycles. The van der Waals surface area contributed by atoms with E-state index in [0.717, 1.165) is 0 Å². The number of benzene rings is 1. The fraction of sp³-hybridized carbons (Fsp3) is 0.538. The molecule has 2 atom stereocenters. The molecule has 0 aromatic heterocycles. The van der Waals surface area contributed by atoms with E-state index in [1.165, 1.54) is 25.1 Å². The summed E-state index contributed by atoms with van der Waals surface area (Å²) in [5.41, 5.74) is 0.133. The molecule has 7 heteroatoms. The van der Waals surface area contributed by atoms with Gasteiger partial charge in [-0.2, -0.15) is 0 Å². The van der Waals surface area contributed by atoms with Crippen molar-refractivity contribution in [2.24, 2.45) is 0 Å². The fourth-order valence-electron chi connectivity index (χ4n) is 1.54. The molecule has 1 rings (SSSR count). The van der Waals surface area contributed by atoms with Gasteiger partial charge < -0.3 is 4.55 Å². The molecule has 0 aliphatic heterocycles. The van der Waals surface area contributed by atoms with Gasteiger partial charge in [-0.25, -0.2) is 13.2 Å². The Kier molecular flexibility index (Phi) is 5.57. The summed E-state index contributed by atoms with van der Waals surface area (Å²) in [6.45, 7) is 6.27. The van der Waals surface area contributed by atoms with E-state index >= 15 is 0 Å². The van der Waals surface area contributed by atoms with Gasteiger partial charge in [0.05, 0.1) is 0 Å². The number of aryl methyl sites for hydroxylation is 1. The maximum atomic E-state index is 14.8. The second-order valence-electron chi connectivity index (χ2n) is 5.45. The van der Waals surface area contributed by atoms with Crippen LogP contribution in [0.2, 0.25) is 0 Å². The van der Waals surface area contributed by atoms with E-state index in [9.17, 15) is 17.7 Å². The lowest BCUT2D eigenvalue weighted by atomic mass is 10.0. The lowest BCUT2D eigenvalue weighted by Gasteiger charge is -2.32. The van der Waals surface area contributed by atoms with Gasteiger partial charge in [-0.15, -0.1) is 0 Å². The van der Waals surface area contributed by atoms with Crippen LogP contribution < -0.4 is 4.72 Å². The standard InChI is InChI=1S/C13H17BrF3NOS/c1-8-7-9(14)5-6-10(8)13(17,11(15)16)18-20(19)12(2,3)4/h5-7,11,18H,1-4H3/t13?,20-/m1/s1. The molecule has 1 aromatic rings. The Hall–Kier alpha value is -0.240. The quantitative estimate of drug-likeness (QED) is 0.635. The molecule has 20 heavy (non-hydrogen) atoms. The first kappa shape index (κ1) is 17.8. The van der Waals surface area contributed by atoms with Gasteiger partial charge in [0.2, 0.25) is 0 Å². The van der Waals surface area contributed by atoms with Crippen LogP contribution in [0.25, 0.3) is 0 Å². The van der Waals surface area contributed by atoms with Crippen molar-refractivity contribution in [1.29, 1.82) is 0 Å². The van der Waals surface area contributed by atoms with Crippen molar-refractivity contribution >= 4 is 27.3 Å². The van der Waals surface area contributed by atoms with E-state index < -0.39 is 28.3 Å². The van der Waals surface area contributed by atoms with Crippen LogP contribution in [0.4, 0.5) is 13.2 Å². The fourth-order valence-corrected chi connectivity index (χ4v) is 2.79. The molecule has 1 aromatic carbocycles. The van der Waals surface area contributed by atoms with E-state index in [2.05, 4.69) is 15.9 Å². The van der Waals surface area contributed by atoms with Crippen molar-refractivity contribution in [3.63, 3.8) is 0 Å². The summed E-state index contributed by atoms with van der Waals surface area (Å²) in [7, 11) is 0. The molecule has 0 heterocycles. The van der Waals surface area contributed by atoms with Crippen molar-refractivity contribution in [2.45, 2.75) is 44.7 Å². The number of rotatable bonds is 4. The van der Waals surface area contributed by atoms with Crippen molar-refractivity contribution in [2.75, 3.05) is 0 Å². The maximum absolute atomic E-state index is 14.8. The number of halogens is 4. The highest BCUT2D eigenvalue weighted by atomic mass is 79.9. The van der Waals surface area contributed by atoms with E-state index in [1.54, 1.807) is 20.8 Å². The van der Waals surface area contributed by atoms with Crippen molar-refractivity contribution in [3.05, 3.63) is 33.8 Å². The van der Waals surface area contributed by atoms with E-state index in [0.29, 0.717) is 10.0 Å². The Morgan fingerprint density at radius 2 is 1.85 bits per heavy atom. The Labute approximate surface area is 128 Å². The summed E-state index contributed by atoms with van der Waals surface area (Å²) in [6.07, 6.45) is -3.34. The topological polar surface area (TPSA) is 35.1 Å². The molecule has 0 amide bonds.